The monoisotopic (exact) mass is 208 g/mol. The largest absolute Gasteiger partial charge is 0.350 e. The Hall–Kier alpha value is -1.36. The number of H-pyrrole nitrogens is 1. The second kappa shape index (κ2) is 4.44. The summed E-state index contributed by atoms with van der Waals surface area (Å²) in [5, 5.41) is 12.8. The summed E-state index contributed by atoms with van der Waals surface area (Å²) < 4.78 is 0. The Morgan fingerprint density at radius 1 is 1.67 bits per heavy atom. The third-order valence-electron chi connectivity index (χ3n) is 2.87. The van der Waals surface area contributed by atoms with E-state index in [4.69, 9.17) is 0 Å². The lowest BCUT2D eigenvalue weighted by Crippen LogP contribution is -2.33. The quantitative estimate of drug-likeness (QED) is 0.648. The van der Waals surface area contributed by atoms with Crippen LogP contribution in [-0.4, -0.2) is 29.2 Å². The molecule has 1 amide bonds. The molecular weight excluding hydrogens is 192 g/mol. The van der Waals surface area contributed by atoms with Crippen LogP contribution in [0.1, 0.15) is 12.6 Å². The topological polar surface area (TPSA) is 69.8 Å². The number of aromatic amines is 1. The number of aromatic nitrogens is 2. The van der Waals surface area contributed by atoms with E-state index in [9.17, 15) is 4.79 Å². The van der Waals surface area contributed by atoms with E-state index in [1.165, 1.54) is 0 Å². The Morgan fingerprint density at radius 2 is 2.53 bits per heavy atom. The summed E-state index contributed by atoms with van der Waals surface area (Å²) in [6.45, 7) is 4.35. The summed E-state index contributed by atoms with van der Waals surface area (Å²) in [5.74, 6) is 0.654. The first-order valence-electron chi connectivity index (χ1n) is 5.24. The van der Waals surface area contributed by atoms with Gasteiger partial charge in [0.2, 0.25) is 5.91 Å². The van der Waals surface area contributed by atoms with E-state index in [2.05, 4.69) is 27.8 Å². The highest BCUT2D eigenvalue weighted by molar-refractivity contribution is 5.79. The molecule has 0 aliphatic carbocycles. The lowest BCUT2D eigenvalue weighted by molar-refractivity contribution is -0.125. The van der Waals surface area contributed by atoms with Gasteiger partial charge in [0.1, 0.15) is 0 Å². The fourth-order valence-electron chi connectivity index (χ4n) is 1.86. The molecule has 82 valence electrons. The molecule has 1 aliphatic rings. The molecule has 5 heteroatoms. The summed E-state index contributed by atoms with van der Waals surface area (Å²) in [7, 11) is 0. The minimum Gasteiger partial charge on any atom is -0.350 e. The van der Waals surface area contributed by atoms with E-state index in [0.29, 0.717) is 12.5 Å². The zero-order valence-corrected chi connectivity index (χ0v) is 8.79. The zero-order valence-electron chi connectivity index (χ0n) is 8.79. The van der Waals surface area contributed by atoms with Crippen LogP contribution in [0.2, 0.25) is 0 Å². The average Bonchev–Trinajstić information content (AvgIpc) is 2.84. The van der Waals surface area contributed by atoms with Crippen molar-refractivity contribution < 1.29 is 4.79 Å². The van der Waals surface area contributed by atoms with Gasteiger partial charge < -0.3 is 10.6 Å². The van der Waals surface area contributed by atoms with Crippen LogP contribution in [0.4, 0.5) is 0 Å². The van der Waals surface area contributed by atoms with Gasteiger partial charge in [0.15, 0.2) is 0 Å². The number of nitrogens with zero attached hydrogens (tertiary/aromatic N) is 1. The maximum atomic E-state index is 11.8. The van der Waals surface area contributed by atoms with E-state index in [0.717, 1.165) is 18.8 Å². The third kappa shape index (κ3) is 2.36. The van der Waals surface area contributed by atoms with Gasteiger partial charge in [-0.2, -0.15) is 5.10 Å². The number of carbonyl (C=O) groups excluding carboxylic acids is 1. The molecule has 0 radical (unpaired) electrons. The van der Waals surface area contributed by atoms with Crippen molar-refractivity contribution in [1.82, 2.24) is 20.8 Å². The van der Waals surface area contributed by atoms with E-state index in [1.807, 2.05) is 6.07 Å². The molecule has 3 N–H and O–H groups in total. The first-order chi connectivity index (χ1) is 7.27. The van der Waals surface area contributed by atoms with Crippen LogP contribution < -0.4 is 10.6 Å². The predicted octanol–water partition coefficient (Wildman–Crippen LogP) is -0.119. The van der Waals surface area contributed by atoms with Gasteiger partial charge in [-0.3, -0.25) is 9.89 Å². The van der Waals surface area contributed by atoms with Crippen LogP contribution in [0.3, 0.4) is 0 Å². The molecule has 1 fully saturated rings. The molecule has 0 spiro atoms. The van der Waals surface area contributed by atoms with Crippen molar-refractivity contribution >= 4 is 5.91 Å². The second-order valence-corrected chi connectivity index (χ2v) is 4.04. The molecule has 1 aliphatic heterocycles. The Bertz CT molecular complexity index is 322. The molecule has 5 nitrogen and oxygen atoms in total. The summed E-state index contributed by atoms with van der Waals surface area (Å²) in [4.78, 5) is 11.8. The fraction of sp³-hybridized carbons (Fsp3) is 0.600. The Morgan fingerprint density at radius 3 is 3.13 bits per heavy atom. The standard InChI is InChI=1S/C10H16N4O/c1-7-4-11-6-9(7)10(15)12-5-8-2-3-13-14-8/h2-3,7,9,11H,4-6H2,1H3,(H,12,15)(H,13,14)/t7-,9-/m1/s1. The van der Waals surface area contributed by atoms with E-state index >= 15 is 0 Å². The van der Waals surface area contributed by atoms with Crippen molar-refractivity contribution in [2.75, 3.05) is 13.1 Å². The van der Waals surface area contributed by atoms with Gasteiger partial charge in [-0.25, -0.2) is 0 Å². The Labute approximate surface area is 88.6 Å². The normalized spacial score (nSPS) is 25.4. The number of hydrogen-bond acceptors (Lipinski definition) is 3. The Balaban J connectivity index is 1.82. The lowest BCUT2D eigenvalue weighted by Gasteiger charge is -2.13. The van der Waals surface area contributed by atoms with Crippen LogP contribution in [0.5, 0.6) is 0 Å². The van der Waals surface area contributed by atoms with E-state index in [-0.39, 0.29) is 11.8 Å². The van der Waals surface area contributed by atoms with E-state index in [1.54, 1.807) is 6.20 Å². The van der Waals surface area contributed by atoms with Gasteiger partial charge in [-0.1, -0.05) is 6.92 Å². The molecule has 2 heterocycles. The van der Waals surface area contributed by atoms with Crippen molar-refractivity contribution in [2.45, 2.75) is 13.5 Å². The number of amides is 1. The van der Waals surface area contributed by atoms with Crippen LogP contribution in [0.25, 0.3) is 0 Å². The molecular formula is C10H16N4O. The molecule has 1 aromatic heterocycles. The highest BCUT2D eigenvalue weighted by Crippen LogP contribution is 2.15. The number of carbonyl (C=O) groups is 1. The molecule has 15 heavy (non-hydrogen) atoms. The van der Waals surface area contributed by atoms with Crippen molar-refractivity contribution in [3.63, 3.8) is 0 Å². The first-order valence-corrected chi connectivity index (χ1v) is 5.24. The SMILES string of the molecule is C[C@@H]1CNC[C@H]1C(=O)NCc1ccn[nH]1. The van der Waals surface area contributed by atoms with Crippen molar-refractivity contribution in [3.8, 4) is 0 Å². The predicted molar refractivity (Wildman–Crippen MR) is 56.0 cm³/mol. The second-order valence-electron chi connectivity index (χ2n) is 4.04. The third-order valence-corrected chi connectivity index (χ3v) is 2.87. The molecule has 1 aromatic rings. The molecule has 0 bridgehead atoms. The number of rotatable bonds is 3. The van der Waals surface area contributed by atoms with Gasteiger partial charge in [0.25, 0.3) is 0 Å². The van der Waals surface area contributed by atoms with Crippen molar-refractivity contribution in [1.29, 1.82) is 0 Å². The molecule has 0 unspecified atom stereocenters. The molecule has 0 aromatic carbocycles. The van der Waals surface area contributed by atoms with Crippen LogP contribution in [-0.2, 0) is 11.3 Å². The smallest absolute Gasteiger partial charge is 0.225 e. The van der Waals surface area contributed by atoms with Gasteiger partial charge >= 0.3 is 0 Å². The van der Waals surface area contributed by atoms with Crippen LogP contribution in [0, 0.1) is 11.8 Å². The maximum absolute atomic E-state index is 11.8. The highest BCUT2D eigenvalue weighted by atomic mass is 16.1. The van der Waals surface area contributed by atoms with Gasteiger partial charge in [-0.05, 0) is 18.5 Å². The van der Waals surface area contributed by atoms with Gasteiger partial charge in [-0.15, -0.1) is 0 Å². The van der Waals surface area contributed by atoms with Crippen molar-refractivity contribution in [3.05, 3.63) is 18.0 Å². The highest BCUT2D eigenvalue weighted by Gasteiger charge is 2.29. The average molecular weight is 208 g/mol. The lowest BCUT2D eigenvalue weighted by atomic mass is 9.97. The minimum atomic E-state index is 0.105. The van der Waals surface area contributed by atoms with Crippen LogP contribution >= 0.6 is 0 Å². The number of hydrogen-bond donors (Lipinski definition) is 3. The molecule has 0 saturated carbocycles. The Kier molecular flexibility index (Phi) is 3.01. The summed E-state index contributed by atoms with van der Waals surface area (Å²) in [6.07, 6.45) is 1.68. The zero-order chi connectivity index (χ0) is 10.7. The van der Waals surface area contributed by atoms with Crippen molar-refractivity contribution in [2.24, 2.45) is 11.8 Å². The van der Waals surface area contributed by atoms with E-state index < -0.39 is 0 Å². The molecule has 2 rings (SSSR count). The minimum absolute atomic E-state index is 0.105. The van der Waals surface area contributed by atoms with Crippen LogP contribution in [0.15, 0.2) is 12.3 Å². The van der Waals surface area contributed by atoms with Gasteiger partial charge in [0, 0.05) is 12.7 Å². The molecule has 2 atom stereocenters. The maximum Gasteiger partial charge on any atom is 0.225 e. The first kappa shape index (κ1) is 10.2. The summed E-state index contributed by atoms with van der Waals surface area (Å²) in [6, 6.07) is 1.86. The molecule has 1 saturated heterocycles. The van der Waals surface area contributed by atoms with Gasteiger partial charge in [0.05, 0.1) is 18.2 Å². The fourth-order valence-corrected chi connectivity index (χ4v) is 1.86. The summed E-state index contributed by atoms with van der Waals surface area (Å²) in [5.41, 5.74) is 0.932. The summed E-state index contributed by atoms with van der Waals surface area (Å²) >= 11 is 0. The number of nitrogens with one attached hydrogen (secondary N) is 3.